The largest absolute Gasteiger partial charge is 0.409 e. The number of benzene rings is 1. The van der Waals surface area contributed by atoms with Crippen LogP contribution in [-0.2, 0) is 4.79 Å². The molecule has 0 atom stereocenters. The minimum atomic E-state index is -0.175. The minimum Gasteiger partial charge on any atom is -0.409 e. The van der Waals surface area contributed by atoms with E-state index in [9.17, 15) is 4.79 Å². The van der Waals surface area contributed by atoms with Crippen LogP contribution < -0.4 is 5.32 Å². The second-order valence-corrected chi connectivity index (χ2v) is 7.30. The monoisotopic (exact) mass is 472 g/mol. The fraction of sp³-hybridized carbons (Fsp3) is 0.143. The Morgan fingerprint density at radius 2 is 2.08 bits per heavy atom. The van der Waals surface area contributed by atoms with E-state index in [1.807, 2.05) is 12.1 Å². The average Bonchev–Trinajstić information content (AvgIpc) is 3.18. The van der Waals surface area contributed by atoms with Crippen LogP contribution in [-0.4, -0.2) is 27.0 Å². The molecule has 1 amide bonds. The lowest BCUT2D eigenvalue weighted by Crippen LogP contribution is -2.13. The van der Waals surface area contributed by atoms with Gasteiger partial charge in [-0.3, -0.25) is 4.79 Å². The lowest BCUT2D eigenvalue weighted by molar-refractivity contribution is -0.113. The van der Waals surface area contributed by atoms with Crippen LogP contribution in [0.5, 0.6) is 0 Å². The summed E-state index contributed by atoms with van der Waals surface area (Å²) < 4.78 is 12.2. The fourth-order valence-corrected chi connectivity index (χ4v) is 2.93. The van der Waals surface area contributed by atoms with E-state index in [4.69, 9.17) is 8.94 Å². The lowest BCUT2D eigenvalue weighted by Gasteiger charge is -2.05. The Morgan fingerprint density at radius 3 is 2.79 bits per heavy atom. The molecule has 1 aromatic carbocycles. The van der Waals surface area contributed by atoms with Gasteiger partial charge in [-0.1, -0.05) is 16.9 Å². The number of aryl methyl sites for hydroxylation is 1. The molecule has 0 unspecified atom stereocenters. The molecular formula is C14H10Br2N4O3S. The second kappa shape index (κ2) is 7.49. The van der Waals surface area contributed by atoms with E-state index in [0.717, 1.165) is 20.7 Å². The van der Waals surface area contributed by atoms with Gasteiger partial charge in [0, 0.05) is 20.7 Å². The predicted octanol–water partition coefficient (Wildman–Crippen LogP) is 4.29. The number of hydrogen-bond acceptors (Lipinski definition) is 7. The third kappa shape index (κ3) is 4.25. The first kappa shape index (κ1) is 17.2. The van der Waals surface area contributed by atoms with Gasteiger partial charge in [-0.25, -0.2) is 0 Å². The molecule has 2 heterocycles. The standard InChI is InChI=1S/C14H10Br2N4O3S/c1-7-4-11(20-23-7)13-18-19-14(22-13)24-6-12(21)17-8-2-3-9(15)10(16)5-8/h2-5H,6H2,1H3,(H,17,21). The SMILES string of the molecule is Cc1cc(-c2nnc(SCC(=O)Nc3ccc(Br)c(Br)c3)o2)no1. The summed E-state index contributed by atoms with van der Waals surface area (Å²) in [6.07, 6.45) is 0. The molecule has 0 radical (unpaired) electrons. The number of thioether (sulfide) groups is 1. The van der Waals surface area contributed by atoms with Crippen molar-refractivity contribution in [3.8, 4) is 11.6 Å². The summed E-state index contributed by atoms with van der Waals surface area (Å²) in [6, 6.07) is 7.15. The number of amides is 1. The number of nitrogens with zero attached hydrogens (tertiary/aromatic N) is 3. The molecule has 0 bridgehead atoms. The molecule has 24 heavy (non-hydrogen) atoms. The van der Waals surface area contributed by atoms with Crippen molar-refractivity contribution in [3.63, 3.8) is 0 Å². The summed E-state index contributed by atoms with van der Waals surface area (Å²) in [5.74, 6) is 0.878. The highest BCUT2D eigenvalue weighted by molar-refractivity contribution is 9.13. The quantitative estimate of drug-likeness (QED) is 0.552. The van der Waals surface area contributed by atoms with E-state index >= 15 is 0 Å². The number of aromatic nitrogens is 3. The van der Waals surface area contributed by atoms with Crippen LogP contribution >= 0.6 is 43.6 Å². The van der Waals surface area contributed by atoms with Crippen molar-refractivity contribution in [2.24, 2.45) is 0 Å². The Balaban J connectivity index is 1.56. The fourth-order valence-electron chi connectivity index (χ4n) is 1.74. The highest BCUT2D eigenvalue weighted by Gasteiger charge is 2.14. The van der Waals surface area contributed by atoms with Gasteiger partial charge in [0.05, 0.1) is 5.75 Å². The zero-order chi connectivity index (χ0) is 17.1. The third-order valence-electron chi connectivity index (χ3n) is 2.78. The van der Waals surface area contributed by atoms with Crippen LogP contribution in [0.25, 0.3) is 11.6 Å². The van der Waals surface area contributed by atoms with E-state index in [-0.39, 0.29) is 22.8 Å². The Hall–Kier alpha value is -1.65. The van der Waals surface area contributed by atoms with Crippen molar-refractivity contribution >= 4 is 55.2 Å². The van der Waals surface area contributed by atoms with Gasteiger partial charge in [-0.2, -0.15) is 0 Å². The van der Waals surface area contributed by atoms with Gasteiger partial charge in [-0.15, -0.1) is 10.2 Å². The van der Waals surface area contributed by atoms with Crippen LogP contribution in [0, 0.1) is 6.92 Å². The maximum Gasteiger partial charge on any atom is 0.277 e. The van der Waals surface area contributed by atoms with Crippen LogP contribution in [0.15, 0.2) is 47.4 Å². The minimum absolute atomic E-state index is 0.146. The maximum absolute atomic E-state index is 12.0. The molecule has 0 fully saturated rings. The third-order valence-corrected chi connectivity index (χ3v) is 5.48. The van der Waals surface area contributed by atoms with Gasteiger partial charge in [0.1, 0.15) is 5.76 Å². The normalized spacial score (nSPS) is 10.8. The highest BCUT2D eigenvalue weighted by atomic mass is 79.9. The molecule has 3 rings (SSSR count). The predicted molar refractivity (Wildman–Crippen MR) is 95.7 cm³/mol. The number of carbonyl (C=O) groups is 1. The molecule has 2 aromatic heterocycles. The first-order chi connectivity index (χ1) is 11.5. The number of nitrogens with one attached hydrogen (secondary N) is 1. The molecular weight excluding hydrogens is 464 g/mol. The Labute approximate surface area is 157 Å². The molecule has 0 aliphatic rings. The van der Waals surface area contributed by atoms with Gasteiger partial charge in [0.2, 0.25) is 5.91 Å². The lowest BCUT2D eigenvalue weighted by atomic mass is 10.3. The topological polar surface area (TPSA) is 94.1 Å². The molecule has 0 spiro atoms. The molecule has 1 N–H and O–H groups in total. The van der Waals surface area contributed by atoms with Gasteiger partial charge in [-0.05, 0) is 57.0 Å². The van der Waals surface area contributed by atoms with Gasteiger partial charge >= 0.3 is 0 Å². The molecule has 0 saturated heterocycles. The Bertz CT molecular complexity index is 881. The van der Waals surface area contributed by atoms with Crippen LogP contribution in [0.3, 0.4) is 0 Å². The number of anilines is 1. The zero-order valence-corrected chi connectivity index (χ0v) is 16.2. The average molecular weight is 474 g/mol. The highest BCUT2D eigenvalue weighted by Crippen LogP contribution is 2.26. The van der Waals surface area contributed by atoms with Gasteiger partial charge < -0.3 is 14.3 Å². The zero-order valence-electron chi connectivity index (χ0n) is 12.2. The van der Waals surface area contributed by atoms with E-state index < -0.39 is 0 Å². The molecule has 0 aliphatic carbocycles. The van der Waals surface area contributed by atoms with Gasteiger partial charge in [0.25, 0.3) is 11.1 Å². The van der Waals surface area contributed by atoms with E-state index in [2.05, 4.69) is 52.5 Å². The van der Waals surface area contributed by atoms with Crippen molar-refractivity contribution in [1.29, 1.82) is 0 Å². The van der Waals surface area contributed by atoms with Crippen LogP contribution in [0.1, 0.15) is 5.76 Å². The summed E-state index contributed by atoms with van der Waals surface area (Å²) >= 11 is 7.91. The molecule has 7 nitrogen and oxygen atoms in total. The number of carbonyl (C=O) groups excluding carboxylic acids is 1. The smallest absolute Gasteiger partial charge is 0.277 e. The molecule has 0 aliphatic heterocycles. The molecule has 124 valence electrons. The van der Waals surface area contributed by atoms with Crippen molar-refractivity contribution < 1.29 is 13.7 Å². The number of hydrogen-bond donors (Lipinski definition) is 1. The first-order valence-corrected chi connectivity index (χ1v) is 9.23. The van der Waals surface area contributed by atoms with Crippen LogP contribution in [0.2, 0.25) is 0 Å². The van der Waals surface area contributed by atoms with Crippen molar-refractivity contribution in [1.82, 2.24) is 15.4 Å². The summed E-state index contributed by atoms with van der Waals surface area (Å²) in [6.45, 7) is 1.77. The molecule has 10 heteroatoms. The summed E-state index contributed by atoms with van der Waals surface area (Å²) in [5.41, 5.74) is 1.16. The van der Waals surface area contributed by atoms with E-state index in [1.165, 1.54) is 0 Å². The van der Waals surface area contributed by atoms with Crippen molar-refractivity contribution in [3.05, 3.63) is 39.0 Å². The maximum atomic E-state index is 12.0. The molecule has 3 aromatic rings. The second-order valence-electron chi connectivity index (χ2n) is 4.66. The van der Waals surface area contributed by atoms with E-state index in [1.54, 1.807) is 19.1 Å². The number of halogens is 2. The van der Waals surface area contributed by atoms with Crippen LogP contribution in [0.4, 0.5) is 5.69 Å². The Morgan fingerprint density at radius 1 is 1.25 bits per heavy atom. The van der Waals surface area contributed by atoms with Crippen molar-refractivity contribution in [2.75, 3.05) is 11.1 Å². The summed E-state index contributed by atoms with van der Waals surface area (Å²) in [4.78, 5) is 12.0. The number of rotatable bonds is 5. The summed E-state index contributed by atoms with van der Waals surface area (Å²) in [7, 11) is 0. The van der Waals surface area contributed by atoms with E-state index in [0.29, 0.717) is 17.1 Å². The summed E-state index contributed by atoms with van der Waals surface area (Å²) in [5, 5.41) is 14.6. The van der Waals surface area contributed by atoms with Crippen molar-refractivity contribution in [2.45, 2.75) is 12.1 Å². The Kier molecular flexibility index (Phi) is 5.36. The first-order valence-electron chi connectivity index (χ1n) is 6.66. The van der Waals surface area contributed by atoms with Gasteiger partial charge in [0.15, 0.2) is 5.69 Å². The molecule has 0 saturated carbocycles.